The summed E-state index contributed by atoms with van der Waals surface area (Å²) < 4.78 is 1.40. The number of nitrogens with one attached hydrogen (secondary N) is 2. The van der Waals surface area contributed by atoms with Crippen LogP contribution in [0.25, 0.3) is 5.69 Å². The van der Waals surface area contributed by atoms with E-state index in [9.17, 15) is 14.4 Å². The number of aromatic nitrogens is 1. The van der Waals surface area contributed by atoms with Gasteiger partial charge in [0.05, 0.1) is 0 Å². The first-order valence-corrected chi connectivity index (χ1v) is 10.1. The summed E-state index contributed by atoms with van der Waals surface area (Å²) in [4.78, 5) is 37.8. The molecule has 0 unspecified atom stereocenters. The third-order valence-electron chi connectivity index (χ3n) is 4.93. The summed E-state index contributed by atoms with van der Waals surface area (Å²) >= 11 is 0. The van der Waals surface area contributed by atoms with Crippen LogP contribution in [-0.4, -0.2) is 16.4 Å². The van der Waals surface area contributed by atoms with Gasteiger partial charge in [-0.15, -0.1) is 0 Å². The fraction of sp³-hybridized carbons (Fsp3) is 0.0385. The summed E-state index contributed by atoms with van der Waals surface area (Å²) in [7, 11) is 0. The molecule has 0 aliphatic heterocycles. The van der Waals surface area contributed by atoms with Gasteiger partial charge < -0.3 is 10.6 Å². The molecule has 0 aliphatic rings. The molecule has 3 aromatic carbocycles. The monoisotopic (exact) mass is 423 g/mol. The van der Waals surface area contributed by atoms with Gasteiger partial charge >= 0.3 is 0 Å². The van der Waals surface area contributed by atoms with Gasteiger partial charge in [-0.1, -0.05) is 48.5 Å². The molecule has 1 heterocycles. The van der Waals surface area contributed by atoms with Crippen LogP contribution in [0.2, 0.25) is 0 Å². The number of nitrogens with zero attached hydrogens (tertiary/aromatic N) is 1. The van der Waals surface area contributed by atoms with E-state index in [2.05, 4.69) is 10.6 Å². The van der Waals surface area contributed by atoms with Crippen LogP contribution in [-0.2, 0) is 6.54 Å². The summed E-state index contributed by atoms with van der Waals surface area (Å²) in [5.74, 6) is -0.646. The van der Waals surface area contributed by atoms with Crippen molar-refractivity contribution in [2.24, 2.45) is 0 Å². The summed E-state index contributed by atoms with van der Waals surface area (Å²) in [6.07, 6.45) is 1.61. The maximum absolute atomic E-state index is 12.9. The van der Waals surface area contributed by atoms with Crippen molar-refractivity contribution in [3.8, 4) is 5.69 Å². The molecule has 6 heteroatoms. The number of amides is 2. The largest absolute Gasteiger partial charge is 0.348 e. The Kier molecular flexibility index (Phi) is 6.22. The number of rotatable bonds is 6. The van der Waals surface area contributed by atoms with Crippen molar-refractivity contribution in [1.29, 1.82) is 0 Å². The van der Waals surface area contributed by atoms with Crippen molar-refractivity contribution in [3.63, 3.8) is 0 Å². The lowest BCUT2D eigenvalue weighted by atomic mass is 10.2. The van der Waals surface area contributed by atoms with Crippen molar-refractivity contribution in [2.75, 3.05) is 5.32 Å². The maximum Gasteiger partial charge on any atom is 0.267 e. The number of carbonyl (C=O) groups excluding carboxylic acids is 2. The summed E-state index contributed by atoms with van der Waals surface area (Å²) in [5.41, 5.74) is 2.34. The molecule has 4 rings (SSSR count). The van der Waals surface area contributed by atoms with Crippen molar-refractivity contribution in [2.45, 2.75) is 6.54 Å². The van der Waals surface area contributed by atoms with Gasteiger partial charge in [0, 0.05) is 29.7 Å². The molecule has 32 heavy (non-hydrogen) atoms. The number of anilines is 1. The Hall–Kier alpha value is -4.45. The second-order valence-corrected chi connectivity index (χ2v) is 7.13. The SMILES string of the molecule is O=C(Nc1ccc(-n2cccc(C(=O)NCc3ccccc3)c2=O)cc1)c1ccccc1. The van der Waals surface area contributed by atoms with Crippen LogP contribution in [0.1, 0.15) is 26.3 Å². The zero-order chi connectivity index (χ0) is 22.3. The van der Waals surface area contributed by atoms with Gasteiger partial charge in [-0.3, -0.25) is 19.0 Å². The van der Waals surface area contributed by atoms with E-state index in [4.69, 9.17) is 0 Å². The fourth-order valence-corrected chi connectivity index (χ4v) is 3.24. The molecule has 158 valence electrons. The van der Waals surface area contributed by atoms with Gasteiger partial charge in [-0.2, -0.15) is 0 Å². The molecule has 0 radical (unpaired) electrons. The standard InChI is InChI=1S/C26H21N3O3/c30-24(20-10-5-2-6-11-20)28-21-13-15-22(16-14-21)29-17-7-12-23(26(29)32)25(31)27-18-19-8-3-1-4-9-19/h1-17H,18H2,(H,27,31)(H,28,30). The molecule has 0 aliphatic carbocycles. The number of pyridine rings is 1. The van der Waals surface area contributed by atoms with Crippen LogP contribution < -0.4 is 16.2 Å². The van der Waals surface area contributed by atoms with Crippen LogP contribution in [0, 0.1) is 0 Å². The van der Waals surface area contributed by atoms with E-state index in [1.54, 1.807) is 60.8 Å². The predicted molar refractivity (Wildman–Crippen MR) is 124 cm³/mol. The highest BCUT2D eigenvalue weighted by atomic mass is 16.2. The molecule has 6 nitrogen and oxygen atoms in total. The quantitative estimate of drug-likeness (QED) is 0.492. The molecule has 0 bridgehead atoms. The first-order chi connectivity index (χ1) is 15.6. The molecule has 2 amide bonds. The average Bonchev–Trinajstić information content (AvgIpc) is 2.84. The van der Waals surface area contributed by atoms with Crippen molar-refractivity contribution < 1.29 is 9.59 Å². The first-order valence-electron chi connectivity index (χ1n) is 10.1. The third kappa shape index (κ3) is 4.82. The molecule has 0 spiro atoms. The normalized spacial score (nSPS) is 10.4. The van der Waals surface area contributed by atoms with E-state index < -0.39 is 11.5 Å². The Balaban J connectivity index is 1.48. The predicted octanol–water partition coefficient (Wildman–Crippen LogP) is 4.02. The Morgan fingerprint density at radius 3 is 2.06 bits per heavy atom. The van der Waals surface area contributed by atoms with Crippen molar-refractivity contribution in [3.05, 3.63) is 130 Å². The number of carbonyl (C=O) groups is 2. The molecule has 0 saturated carbocycles. The molecular formula is C26H21N3O3. The highest BCUT2D eigenvalue weighted by Gasteiger charge is 2.13. The van der Waals surface area contributed by atoms with Gasteiger partial charge in [0.2, 0.25) is 0 Å². The van der Waals surface area contributed by atoms with E-state index in [0.717, 1.165) is 5.56 Å². The zero-order valence-electron chi connectivity index (χ0n) is 17.2. The van der Waals surface area contributed by atoms with Crippen molar-refractivity contribution >= 4 is 17.5 Å². The number of hydrogen-bond acceptors (Lipinski definition) is 3. The lowest BCUT2D eigenvalue weighted by molar-refractivity contribution is 0.0948. The minimum atomic E-state index is -0.431. The Morgan fingerprint density at radius 1 is 0.719 bits per heavy atom. The van der Waals surface area contributed by atoms with Crippen LogP contribution in [0.15, 0.2) is 108 Å². The molecule has 2 N–H and O–H groups in total. The molecule has 0 fully saturated rings. The second-order valence-electron chi connectivity index (χ2n) is 7.13. The lowest BCUT2D eigenvalue weighted by Gasteiger charge is -2.10. The summed E-state index contributed by atoms with van der Waals surface area (Å²) in [6.45, 7) is 0.337. The Bertz CT molecular complexity index is 1280. The Morgan fingerprint density at radius 2 is 1.38 bits per heavy atom. The lowest BCUT2D eigenvalue weighted by Crippen LogP contribution is -2.31. The molecular weight excluding hydrogens is 402 g/mol. The average molecular weight is 423 g/mol. The van der Waals surface area contributed by atoms with E-state index in [-0.39, 0.29) is 11.5 Å². The van der Waals surface area contributed by atoms with E-state index in [1.807, 2.05) is 36.4 Å². The minimum absolute atomic E-state index is 0.0601. The maximum atomic E-state index is 12.9. The summed E-state index contributed by atoms with van der Waals surface area (Å²) in [5, 5.41) is 5.60. The van der Waals surface area contributed by atoms with Gasteiger partial charge in [0.1, 0.15) is 5.56 Å². The highest BCUT2D eigenvalue weighted by molar-refractivity contribution is 6.04. The van der Waals surface area contributed by atoms with E-state index in [1.165, 1.54) is 10.6 Å². The molecule has 0 atom stereocenters. The third-order valence-corrected chi connectivity index (χ3v) is 4.93. The van der Waals surface area contributed by atoms with Gasteiger partial charge in [-0.25, -0.2) is 0 Å². The van der Waals surface area contributed by atoms with Crippen molar-refractivity contribution in [1.82, 2.24) is 9.88 Å². The van der Waals surface area contributed by atoms with E-state index >= 15 is 0 Å². The van der Waals surface area contributed by atoms with Gasteiger partial charge in [0.15, 0.2) is 0 Å². The minimum Gasteiger partial charge on any atom is -0.348 e. The van der Waals surface area contributed by atoms with Crippen LogP contribution in [0.4, 0.5) is 5.69 Å². The second kappa shape index (κ2) is 9.57. The molecule has 0 saturated heterocycles. The van der Waals surface area contributed by atoms with Gasteiger partial charge in [-0.05, 0) is 54.1 Å². The smallest absolute Gasteiger partial charge is 0.267 e. The van der Waals surface area contributed by atoms with Crippen LogP contribution >= 0.6 is 0 Å². The van der Waals surface area contributed by atoms with E-state index in [0.29, 0.717) is 23.5 Å². The highest BCUT2D eigenvalue weighted by Crippen LogP contribution is 2.14. The zero-order valence-corrected chi connectivity index (χ0v) is 17.2. The topological polar surface area (TPSA) is 80.2 Å². The van der Waals surface area contributed by atoms with Crippen LogP contribution in [0.5, 0.6) is 0 Å². The first kappa shape index (κ1) is 20.8. The number of hydrogen-bond donors (Lipinski definition) is 2. The Labute approximate surface area is 185 Å². The molecule has 1 aromatic heterocycles. The van der Waals surface area contributed by atoms with Gasteiger partial charge in [0.25, 0.3) is 17.4 Å². The summed E-state index contributed by atoms with van der Waals surface area (Å²) in [6, 6.07) is 28.4. The molecule has 4 aromatic rings. The van der Waals surface area contributed by atoms with Crippen LogP contribution in [0.3, 0.4) is 0 Å². The number of benzene rings is 3. The fourth-order valence-electron chi connectivity index (χ4n) is 3.24.